The van der Waals surface area contributed by atoms with Gasteiger partial charge < -0.3 is 14.2 Å². The molecule has 204 valence electrons. The van der Waals surface area contributed by atoms with Crippen LogP contribution in [-0.2, 0) is 43.6 Å². The maximum atomic E-state index is 13.7. The second-order valence-electron chi connectivity index (χ2n) is 10.2. The lowest BCUT2D eigenvalue weighted by atomic mass is 9.83. The third-order valence-electron chi connectivity index (χ3n) is 7.49. The summed E-state index contributed by atoms with van der Waals surface area (Å²) in [6.45, 7) is 1.53. The zero-order valence-corrected chi connectivity index (χ0v) is 22.3. The highest BCUT2D eigenvalue weighted by molar-refractivity contribution is 5.76. The van der Waals surface area contributed by atoms with E-state index in [-0.39, 0.29) is 18.6 Å². The Hall–Kier alpha value is -3.81. The molecule has 2 fully saturated rings. The average molecular weight is 536 g/mol. The molecule has 2 aliphatic rings. The SMILES string of the molecule is O=C1O[C@H](COCc2ccccc2)[C@H](OCc2ccccc2)[C@H]2ON(Cc3ccccc3)[C@@H](c3ccccc3)[C@@H]12. The molecule has 2 saturated heterocycles. The fraction of sp³-hybridized carbons (Fsp3) is 0.265. The Balaban J connectivity index is 1.28. The van der Waals surface area contributed by atoms with Crippen molar-refractivity contribution in [3.05, 3.63) is 144 Å². The number of fused-ring (bicyclic) bond motifs is 1. The molecule has 4 aromatic carbocycles. The molecule has 6 nitrogen and oxygen atoms in total. The van der Waals surface area contributed by atoms with Gasteiger partial charge in [0.25, 0.3) is 0 Å². The van der Waals surface area contributed by atoms with Crippen LogP contribution in [0, 0.1) is 5.92 Å². The number of carbonyl (C=O) groups excluding carboxylic acids is 1. The molecule has 0 saturated carbocycles. The molecule has 2 heterocycles. The zero-order chi connectivity index (χ0) is 27.1. The van der Waals surface area contributed by atoms with E-state index in [4.69, 9.17) is 19.0 Å². The Bertz CT molecular complexity index is 1350. The second kappa shape index (κ2) is 12.6. The Morgan fingerprint density at radius 1 is 0.675 bits per heavy atom. The van der Waals surface area contributed by atoms with Gasteiger partial charge in [0.05, 0.1) is 25.9 Å². The van der Waals surface area contributed by atoms with Crippen molar-refractivity contribution < 1.29 is 23.8 Å². The molecule has 0 radical (unpaired) electrons. The van der Waals surface area contributed by atoms with Crippen LogP contribution in [0.25, 0.3) is 0 Å². The Labute approximate surface area is 235 Å². The summed E-state index contributed by atoms with van der Waals surface area (Å²) in [4.78, 5) is 20.3. The molecular formula is C34H33NO5. The minimum Gasteiger partial charge on any atom is -0.457 e. The summed E-state index contributed by atoms with van der Waals surface area (Å²) in [5.41, 5.74) is 4.20. The van der Waals surface area contributed by atoms with Crippen LogP contribution in [0.1, 0.15) is 28.3 Å². The largest absolute Gasteiger partial charge is 0.457 e. The number of hydrogen-bond donors (Lipinski definition) is 0. The first-order valence-electron chi connectivity index (χ1n) is 13.8. The highest BCUT2D eigenvalue weighted by Crippen LogP contribution is 2.46. The molecule has 0 aliphatic carbocycles. The van der Waals surface area contributed by atoms with Gasteiger partial charge in [-0.25, -0.2) is 0 Å². The van der Waals surface area contributed by atoms with Gasteiger partial charge in [0.1, 0.15) is 18.1 Å². The van der Waals surface area contributed by atoms with Crippen LogP contribution in [0.2, 0.25) is 0 Å². The number of ether oxygens (including phenoxy) is 3. The molecule has 6 heteroatoms. The first-order chi connectivity index (χ1) is 19.8. The van der Waals surface area contributed by atoms with E-state index in [1.165, 1.54) is 0 Å². The van der Waals surface area contributed by atoms with Gasteiger partial charge in [0, 0.05) is 6.54 Å². The average Bonchev–Trinajstić information content (AvgIpc) is 3.38. The van der Waals surface area contributed by atoms with E-state index in [1.807, 2.05) is 114 Å². The molecule has 0 unspecified atom stereocenters. The van der Waals surface area contributed by atoms with Crippen LogP contribution in [0.5, 0.6) is 0 Å². The molecule has 0 bridgehead atoms. The first kappa shape index (κ1) is 26.4. The summed E-state index contributed by atoms with van der Waals surface area (Å²) in [6, 6.07) is 39.8. The second-order valence-corrected chi connectivity index (χ2v) is 10.2. The van der Waals surface area contributed by atoms with Gasteiger partial charge in [-0.2, -0.15) is 5.06 Å². The lowest BCUT2D eigenvalue weighted by Gasteiger charge is -2.37. The zero-order valence-electron chi connectivity index (χ0n) is 22.3. The predicted octanol–water partition coefficient (Wildman–Crippen LogP) is 5.89. The molecule has 0 N–H and O–H groups in total. The normalized spacial score (nSPS) is 24.4. The summed E-state index contributed by atoms with van der Waals surface area (Å²) in [6.07, 6.45) is -1.64. The van der Waals surface area contributed by atoms with E-state index in [2.05, 4.69) is 12.1 Å². The van der Waals surface area contributed by atoms with Gasteiger partial charge in [-0.1, -0.05) is 121 Å². The van der Waals surface area contributed by atoms with Crippen LogP contribution < -0.4 is 0 Å². The van der Waals surface area contributed by atoms with Crippen molar-refractivity contribution in [2.45, 2.75) is 44.1 Å². The molecule has 2 aliphatic heterocycles. The third-order valence-corrected chi connectivity index (χ3v) is 7.49. The number of esters is 1. The fourth-order valence-electron chi connectivity index (χ4n) is 5.57. The Morgan fingerprint density at radius 3 is 1.85 bits per heavy atom. The van der Waals surface area contributed by atoms with Crippen molar-refractivity contribution in [3.63, 3.8) is 0 Å². The van der Waals surface area contributed by atoms with E-state index >= 15 is 0 Å². The molecular weight excluding hydrogens is 502 g/mol. The topological polar surface area (TPSA) is 57.2 Å². The maximum Gasteiger partial charge on any atom is 0.314 e. The fourth-order valence-corrected chi connectivity index (χ4v) is 5.57. The van der Waals surface area contributed by atoms with Gasteiger partial charge in [-0.15, -0.1) is 0 Å². The van der Waals surface area contributed by atoms with Crippen molar-refractivity contribution in [2.75, 3.05) is 6.61 Å². The Morgan fingerprint density at radius 2 is 1.23 bits per heavy atom. The maximum absolute atomic E-state index is 13.7. The smallest absolute Gasteiger partial charge is 0.314 e. The van der Waals surface area contributed by atoms with E-state index in [1.54, 1.807) is 0 Å². The van der Waals surface area contributed by atoms with Crippen LogP contribution in [0.3, 0.4) is 0 Å². The van der Waals surface area contributed by atoms with Crippen molar-refractivity contribution in [1.29, 1.82) is 0 Å². The van der Waals surface area contributed by atoms with Crippen molar-refractivity contribution in [3.8, 4) is 0 Å². The molecule has 5 atom stereocenters. The predicted molar refractivity (Wildman–Crippen MR) is 151 cm³/mol. The van der Waals surface area contributed by atoms with E-state index in [0.29, 0.717) is 19.8 Å². The summed E-state index contributed by atoms with van der Waals surface area (Å²) in [5, 5.41) is 1.92. The van der Waals surface area contributed by atoms with Crippen molar-refractivity contribution in [2.24, 2.45) is 5.92 Å². The standard InChI is InChI=1S/C34H33NO5/c36-34-30-31(28-19-11-4-12-20-28)35(21-25-13-5-1-6-14-25)40-33(30)32(38-23-27-17-9-3-10-18-27)29(39-34)24-37-22-26-15-7-2-8-16-26/h1-20,29-33H,21-24H2/t29-,30-,31+,32+,33+/m1/s1. The minimum atomic E-state index is -0.603. The van der Waals surface area contributed by atoms with Crippen LogP contribution in [0.15, 0.2) is 121 Å². The van der Waals surface area contributed by atoms with Gasteiger partial charge in [0.15, 0.2) is 6.10 Å². The van der Waals surface area contributed by atoms with Crippen LogP contribution >= 0.6 is 0 Å². The van der Waals surface area contributed by atoms with Crippen molar-refractivity contribution in [1.82, 2.24) is 5.06 Å². The number of hydroxylamine groups is 2. The summed E-state index contributed by atoms with van der Waals surface area (Å²) in [7, 11) is 0. The number of hydrogen-bond acceptors (Lipinski definition) is 6. The number of nitrogens with zero attached hydrogens (tertiary/aromatic N) is 1. The lowest BCUT2D eigenvalue weighted by Crippen LogP contribution is -2.54. The molecule has 40 heavy (non-hydrogen) atoms. The molecule has 0 spiro atoms. The number of cyclic esters (lactones) is 1. The van der Waals surface area contributed by atoms with Gasteiger partial charge in [0.2, 0.25) is 0 Å². The van der Waals surface area contributed by atoms with Gasteiger partial charge in [-0.05, 0) is 22.3 Å². The van der Waals surface area contributed by atoms with Crippen LogP contribution in [0.4, 0.5) is 0 Å². The molecule has 0 aromatic heterocycles. The third kappa shape index (κ3) is 6.01. The number of benzene rings is 4. The monoisotopic (exact) mass is 535 g/mol. The van der Waals surface area contributed by atoms with E-state index < -0.39 is 24.2 Å². The van der Waals surface area contributed by atoms with E-state index in [0.717, 1.165) is 22.3 Å². The first-order valence-corrected chi connectivity index (χ1v) is 13.8. The van der Waals surface area contributed by atoms with Crippen LogP contribution in [-0.4, -0.2) is 36.0 Å². The van der Waals surface area contributed by atoms with Gasteiger partial charge >= 0.3 is 5.97 Å². The van der Waals surface area contributed by atoms with Crippen molar-refractivity contribution >= 4 is 5.97 Å². The molecule has 6 rings (SSSR count). The number of carbonyl (C=O) groups is 1. The Kier molecular flexibility index (Phi) is 8.31. The van der Waals surface area contributed by atoms with Gasteiger partial charge in [-0.3, -0.25) is 9.63 Å². The van der Waals surface area contributed by atoms with E-state index in [9.17, 15) is 4.79 Å². The lowest BCUT2D eigenvalue weighted by molar-refractivity contribution is -0.237. The highest BCUT2D eigenvalue weighted by atomic mass is 16.7. The summed E-state index contributed by atoms with van der Waals surface area (Å²) in [5.74, 6) is -0.834. The quantitative estimate of drug-likeness (QED) is 0.236. The number of rotatable bonds is 10. The molecule has 4 aromatic rings. The summed E-state index contributed by atoms with van der Waals surface area (Å²) < 4.78 is 18.7. The molecule has 0 amide bonds. The summed E-state index contributed by atoms with van der Waals surface area (Å²) >= 11 is 0. The highest BCUT2D eigenvalue weighted by Gasteiger charge is 2.58. The minimum absolute atomic E-state index is 0.210.